The Morgan fingerprint density at radius 3 is 2.56 bits per heavy atom. The summed E-state index contributed by atoms with van der Waals surface area (Å²) in [5.74, 6) is -0.129. The maximum atomic E-state index is 13.6. The van der Waals surface area contributed by atoms with Gasteiger partial charge in [0, 0.05) is 25.1 Å². The molecule has 0 aliphatic heterocycles. The number of nitrogens with zero attached hydrogens (tertiary/aromatic N) is 4. The fourth-order valence-corrected chi connectivity index (χ4v) is 5.11. The number of benzene rings is 1. The van der Waals surface area contributed by atoms with Gasteiger partial charge in [-0.3, -0.25) is 9.13 Å². The van der Waals surface area contributed by atoms with Gasteiger partial charge in [0.05, 0.1) is 36.7 Å². The largest absolute Gasteiger partial charge is 0.491 e. The normalized spacial score (nSPS) is 12.6. The number of fused-ring (bicyclic) bond motifs is 1. The molecule has 4 aromatic rings. The molecule has 0 radical (unpaired) electrons. The Morgan fingerprint density at radius 2 is 1.92 bits per heavy atom. The van der Waals surface area contributed by atoms with Gasteiger partial charge >= 0.3 is 5.69 Å². The van der Waals surface area contributed by atoms with E-state index >= 15 is 0 Å². The molecule has 0 amide bonds. The summed E-state index contributed by atoms with van der Waals surface area (Å²) >= 11 is 0. The Bertz CT molecular complexity index is 1610. The number of aryl methyl sites for hydroxylation is 2. The molecule has 36 heavy (non-hydrogen) atoms. The molecule has 3 aromatic heterocycles. The van der Waals surface area contributed by atoms with Crippen molar-refractivity contribution < 1.29 is 22.3 Å². The number of methoxy groups -OCH3 is 1. The first-order valence-corrected chi connectivity index (χ1v) is 13.3. The highest BCUT2D eigenvalue weighted by Crippen LogP contribution is 2.31. The van der Waals surface area contributed by atoms with Gasteiger partial charge in [-0.15, -0.1) is 0 Å². The van der Waals surface area contributed by atoms with E-state index in [0.717, 1.165) is 17.4 Å². The zero-order chi connectivity index (χ0) is 26.2. The fraction of sp³-hybridized carbons (Fsp3) is 0.320. The zero-order valence-corrected chi connectivity index (χ0v) is 21.5. The molecule has 0 unspecified atom stereocenters. The summed E-state index contributed by atoms with van der Waals surface area (Å²) in [7, 11) is -0.471. The summed E-state index contributed by atoms with van der Waals surface area (Å²) < 4.78 is 52.1. The Balaban J connectivity index is 1.93. The van der Waals surface area contributed by atoms with Crippen molar-refractivity contribution in [2.45, 2.75) is 19.9 Å². The molecule has 0 fully saturated rings. The van der Waals surface area contributed by atoms with Crippen molar-refractivity contribution in [3.8, 4) is 22.8 Å². The molecular formula is C25H27FN4O5S. The van der Waals surface area contributed by atoms with Crippen LogP contribution in [0.15, 0.2) is 47.4 Å². The molecule has 9 nitrogen and oxygen atoms in total. The highest BCUT2D eigenvalue weighted by atomic mass is 32.2. The monoisotopic (exact) mass is 514 g/mol. The Kier molecular flexibility index (Phi) is 6.85. The van der Waals surface area contributed by atoms with Gasteiger partial charge in [0.1, 0.15) is 15.7 Å². The summed E-state index contributed by atoms with van der Waals surface area (Å²) in [6.45, 7) is 3.91. The predicted molar refractivity (Wildman–Crippen MR) is 135 cm³/mol. The summed E-state index contributed by atoms with van der Waals surface area (Å²) in [4.78, 5) is 22.5. The number of aromatic nitrogens is 4. The zero-order valence-electron chi connectivity index (χ0n) is 20.6. The van der Waals surface area contributed by atoms with Crippen molar-refractivity contribution >= 4 is 21.0 Å². The van der Waals surface area contributed by atoms with Crippen LogP contribution in [0.3, 0.4) is 0 Å². The van der Waals surface area contributed by atoms with Gasteiger partial charge in [-0.1, -0.05) is 6.07 Å². The third-order valence-corrected chi connectivity index (χ3v) is 6.81. The first kappa shape index (κ1) is 25.4. The first-order valence-electron chi connectivity index (χ1n) is 11.2. The third-order valence-electron chi connectivity index (χ3n) is 5.89. The molecule has 190 valence electrons. The number of sulfone groups is 1. The number of pyridine rings is 2. The van der Waals surface area contributed by atoms with Crippen LogP contribution in [0.2, 0.25) is 0 Å². The van der Waals surface area contributed by atoms with E-state index in [2.05, 4.69) is 9.97 Å². The van der Waals surface area contributed by atoms with E-state index in [1.165, 1.54) is 28.4 Å². The van der Waals surface area contributed by atoms with E-state index in [1.807, 2.05) is 0 Å². The lowest BCUT2D eigenvalue weighted by Gasteiger charge is -2.19. The first-order chi connectivity index (χ1) is 17.0. The van der Waals surface area contributed by atoms with Gasteiger partial charge < -0.3 is 9.47 Å². The van der Waals surface area contributed by atoms with Crippen molar-refractivity contribution in [2.75, 3.05) is 25.7 Å². The van der Waals surface area contributed by atoms with Gasteiger partial charge in [-0.05, 0) is 55.3 Å². The quantitative estimate of drug-likeness (QED) is 0.355. The van der Waals surface area contributed by atoms with E-state index in [4.69, 9.17) is 9.47 Å². The highest BCUT2D eigenvalue weighted by Gasteiger charge is 2.28. The van der Waals surface area contributed by atoms with Crippen LogP contribution in [0.1, 0.15) is 24.2 Å². The van der Waals surface area contributed by atoms with E-state index < -0.39 is 21.6 Å². The SMILES string of the molecule is CCOc1nc([C@@H](CS(C)(=O)=O)n2c(=O)n(C)c3cc(-c4ccc(F)cc4C)cnc32)ccc1OC. The second kappa shape index (κ2) is 9.73. The standard InChI is InChI=1S/C25H27FN4O5S/c1-6-35-24-22(34-4)10-9-19(28-24)21(14-36(5,32)33)30-23-20(29(3)25(30)31)12-16(13-27-23)18-8-7-17(26)11-15(18)2/h7-13,21H,6,14H2,1-5H3/t21-/m1/s1. The second-order valence-corrected chi connectivity index (χ2v) is 10.7. The number of halogens is 1. The Labute approximate surface area is 208 Å². The van der Waals surface area contributed by atoms with E-state index in [-0.39, 0.29) is 17.5 Å². The molecule has 0 N–H and O–H groups in total. The van der Waals surface area contributed by atoms with E-state index in [1.54, 1.807) is 51.4 Å². The van der Waals surface area contributed by atoms with Crippen LogP contribution in [0, 0.1) is 12.7 Å². The van der Waals surface area contributed by atoms with Crippen LogP contribution >= 0.6 is 0 Å². The molecular weight excluding hydrogens is 487 g/mol. The summed E-state index contributed by atoms with van der Waals surface area (Å²) in [6.07, 6.45) is 2.69. The third kappa shape index (κ3) is 4.83. The number of imidazole rings is 1. The van der Waals surface area contributed by atoms with Crippen molar-refractivity contribution in [3.63, 3.8) is 0 Å². The fourth-order valence-electron chi connectivity index (χ4n) is 4.21. The summed E-state index contributed by atoms with van der Waals surface area (Å²) in [6, 6.07) is 8.51. The lowest BCUT2D eigenvalue weighted by molar-refractivity contribution is 0.296. The highest BCUT2D eigenvalue weighted by molar-refractivity contribution is 7.90. The minimum atomic E-state index is -3.54. The molecule has 11 heteroatoms. The van der Waals surface area contributed by atoms with Crippen molar-refractivity contribution in [1.82, 2.24) is 19.1 Å². The van der Waals surface area contributed by atoms with Gasteiger partial charge in [0.2, 0.25) is 0 Å². The average molecular weight is 515 g/mol. The predicted octanol–water partition coefficient (Wildman–Crippen LogP) is 3.29. The molecule has 3 heterocycles. The maximum Gasteiger partial charge on any atom is 0.330 e. The van der Waals surface area contributed by atoms with Crippen LogP contribution < -0.4 is 15.2 Å². The van der Waals surface area contributed by atoms with Crippen molar-refractivity contribution in [3.05, 3.63) is 70.2 Å². The lowest BCUT2D eigenvalue weighted by Crippen LogP contribution is -2.31. The second-order valence-electron chi connectivity index (χ2n) is 8.52. The minimum Gasteiger partial charge on any atom is -0.491 e. The number of ether oxygens (including phenoxy) is 2. The van der Waals surface area contributed by atoms with Crippen LogP contribution in [0.5, 0.6) is 11.6 Å². The molecule has 0 bridgehead atoms. The molecule has 0 aliphatic rings. The van der Waals surface area contributed by atoms with Crippen molar-refractivity contribution in [1.29, 1.82) is 0 Å². The summed E-state index contributed by atoms with van der Waals surface area (Å²) in [5, 5.41) is 0. The number of rotatable bonds is 8. The average Bonchev–Trinajstić information content (AvgIpc) is 3.06. The van der Waals surface area contributed by atoms with Crippen LogP contribution in [0.25, 0.3) is 22.3 Å². The van der Waals surface area contributed by atoms with Gasteiger partial charge in [0.25, 0.3) is 5.88 Å². The summed E-state index contributed by atoms with van der Waals surface area (Å²) in [5.41, 5.74) is 2.87. The van der Waals surface area contributed by atoms with E-state index in [9.17, 15) is 17.6 Å². The van der Waals surface area contributed by atoms with E-state index in [0.29, 0.717) is 34.8 Å². The molecule has 4 rings (SSSR count). The van der Waals surface area contributed by atoms with Crippen LogP contribution in [-0.4, -0.2) is 53.2 Å². The topological polar surface area (TPSA) is 105 Å². The number of hydrogen-bond acceptors (Lipinski definition) is 7. The Hall–Kier alpha value is -3.73. The smallest absolute Gasteiger partial charge is 0.330 e. The van der Waals surface area contributed by atoms with Gasteiger partial charge in [-0.25, -0.2) is 27.6 Å². The molecule has 0 aliphatic carbocycles. The maximum absolute atomic E-state index is 13.6. The minimum absolute atomic E-state index is 0.200. The van der Waals surface area contributed by atoms with Gasteiger partial charge in [-0.2, -0.15) is 0 Å². The molecule has 0 saturated carbocycles. The molecule has 0 spiro atoms. The number of hydrogen-bond donors (Lipinski definition) is 0. The molecule has 0 saturated heterocycles. The van der Waals surface area contributed by atoms with Crippen molar-refractivity contribution in [2.24, 2.45) is 7.05 Å². The molecule has 1 aromatic carbocycles. The van der Waals surface area contributed by atoms with Crippen LogP contribution in [0.4, 0.5) is 4.39 Å². The molecule has 1 atom stereocenters. The van der Waals surface area contributed by atoms with Gasteiger partial charge in [0.15, 0.2) is 11.4 Å². The lowest BCUT2D eigenvalue weighted by atomic mass is 10.0. The Morgan fingerprint density at radius 1 is 1.17 bits per heavy atom. The van der Waals surface area contributed by atoms with Crippen LogP contribution in [-0.2, 0) is 16.9 Å².